The third kappa shape index (κ3) is 0.928. The minimum absolute atomic E-state index is 0.625. The third-order valence-electron chi connectivity index (χ3n) is 0.491. The first-order valence-corrected chi connectivity index (χ1v) is 2.90. The molecule has 0 saturated heterocycles. The molecule has 1 heterocycles. The second-order valence-electron chi connectivity index (χ2n) is 0.876. The van der Waals surface area contributed by atoms with Crippen LogP contribution in [0.25, 0.3) is 0 Å². The van der Waals surface area contributed by atoms with Crippen LogP contribution in [0.1, 0.15) is 0 Å². The van der Waals surface area contributed by atoms with Crippen LogP contribution in [0.15, 0.2) is 9.62 Å². The molecule has 1 aromatic heterocycles. The van der Waals surface area contributed by atoms with E-state index in [-0.39, 0.29) is 0 Å². The van der Waals surface area contributed by atoms with Gasteiger partial charge >= 0.3 is 0 Å². The number of nitrogens with zero attached hydrogens (tertiary/aromatic N) is 2. The predicted molar refractivity (Wildman–Crippen MR) is 24.9 cm³/mol. The van der Waals surface area contributed by atoms with E-state index in [1.54, 1.807) is 0 Å². The molecule has 1 aromatic rings. The van der Waals surface area contributed by atoms with Crippen LogP contribution in [-0.2, 0) is 0 Å². The highest BCUT2D eigenvalue weighted by Gasteiger charge is 1.90. The molecule has 0 saturated carbocycles. The van der Waals surface area contributed by atoms with Gasteiger partial charge in [-0.2, -0.15) is 0 Å². The van der Waals surface area contributed by atoms with Crippen molar-refractivity contribution in [2.24, 2.45) is 0 Å². The summed E-state index contributed by atoms with van der Waals surface area (Å²) in [6.45, 7) is 0. The lowest BCUT2D eigenvalue weighted by Gasteiger charge is -1.73. The van der Waals surface area contributed by atoms with Crippen LogP contribution in [0.2, 0.25) is 0 Å². The van der Waals surface area contributed by atoms with E-state index in [0.29, 0.717) is 5.09 Å². The lowest BCUT2D eigenvalue weighted by molar-refractivity contribution is 0.331. The molecule has 7 heavy (non-hydrogen) atoms. The molecule has 0 aliphatic carbocycles. The summed E-state index contributed by atoms with van der Waals surface area (Å²) in [7, 11) is 0. The third-order valence-corrected chi connectivity index (χ3v) is 1.03. The van der Waals surface area contributed by atoms with Crippen LogP contribution in [0.5, 0.6) is 0 Å². The molecule has 0 amide bonds. The van der Waals surface area contributed by atoms with Crippen LogP contribution < -0.4 is 0 Å². The Morgan fingerprint density at radius 3 is 3.00 bits per heavy atom. The van der Waals surface area contributed by atoms with E-state index in [4.69, 9.17) is 0 Å². The van der Waals surface area contributed by atoms with Gasteiger partial charge in [0.1, 0.15) is 0 Å². The summed E-state index contributed by atoms with van der Waals surface area (Å²) >= 11 is 1.43. The molecule has 0 aromatic carbocycles. The molecular weight excluding hydrogens is 112 g/mol. The van der Waals surface area contributed by atoms with Gasteiger partial charge in [-0.25, -0.2) is 0 Å². The van der Waals surface area contributed by atoms with E-state index in [2.05, 4.69) is 21.1 Å². The van der Waals surface area contributed by atoms with Gasteiger partial charge in [0.05, 0.1) is 0 Å². The van der Waals surface area contributed by atoms with Gasteiger partial charge in [0.2, 0.25) is 5.09 Å². The lowest BCUT2D eigenvalue weighted by Crippen LogP contribution is -1.55. The first-order valence-electron chi connectivity index (χ1n) is 1.67. The summed E-state index contributed by atoms with van der Waals surface area (Å²) in [5.74, 6) is 0. The zero-order chi connectivity index (χ0) is 5.11. The Kier molecular flexibility index (Phi) is 1.31. The van der Waals surface area contributed by atoms with E-state index in [1.165, 1.54) is 11.8 Å². The minimum atomic E-state index is 0.625. The Labute approximate surface area is 45.1 Å². The van der Waals surface area contributed by atoms with Crippen molar-refractivity contribution in [3.05, 3.63) is 6.20 Å². The maximum absolute atomic E-state index is 4.53. The molecular formula is C3H3N2OS. The van der Waals surface area contributed by atoms with Gasteiger partial charge in [-0.1, -0.05) is 11.8 Å². The molecule has 37 valence electrons. The van der Waals surface area contributed by atoms with Gasteiger partial charge in [-0.15, -0.1) is 5.10 Å². The molecule has 4 heteroatoms. The highest BCUT2D eigenvalue weighted by atomic mass is 32.2. The van der Waals surface area contributed by atoms with E-state index >= 15 is 0 Å². The number of hydrogen-bond donors (Lipinski definition) is 0. The highest BCUT2D eigenvalue weighted by Crippen LogP contribution is 2.08. The van der Waals surface area contributed by atoms with Crippen molar-refractivity contribution >= 4 is 11.8 Å². The summed E-state index contributed by atoms with van der Waals surface area (Å²) < 4.78 is 4.53. The van der Waals surface area contributed by atoms with Crippen LogP contribution in [0.4, 0.5) is 0 Å². The van der Waals surface area contributed by atoms with Gasteiger partial charge in [-0.3, -0.25) is 0 Å². The van der Waals surface area contributed by atoms with Gasteiger partial charge in [0, 0.05) is 5.27 Å². The summed E-state index contributed by atoms with van der Waals surface area (Å²) in [6, 6.07) is 0. The van der Waals surface area contributed by atoms with E-state index in [9.17, 15) is 0 Å². The standard InChI is InChI=1S/C3H3N2OS/c1-7-3-2-4-5-6-3/h1H3. The number of hydrogen-bond acceptors (Lipinski definition) is 4. The molecule has 0 unspecified atom stereocenters. The van der Waals surface area contributed by atoms with Gasteiger partial charge in [-0.05, 0) is 6.26 Å². The maximum Gasteiger partial charge on any atom is 0.223 e. The highest BCUT2D eigenvalue weighted by molar-refractivity contribution is 7.98. The van der Waals surface area contributed by atoms with Crippen molar-refractivity contribution in [3.63, 3.8) is 0 Å². The van der Waals surface area contributed by atoms with Crippen LogP contribution in [-0.4, -0.2) is 16.6 Å². The summed E-state index contributed by atoms with van der Waals surface area (Å²) in [5, 5.41) is 7.15. The van der Waals surface area contributed by atoms with Gasteiger partial charge < -0.3 is 4.52 Å². The smallest absolute Gasteiger partial charge is 0.223 e. The van der Waals surface area contributed by atoms with Crippen LogP contribution >= 0.6 is 11.8 Å². The van der Waals surface area contributed by atoms with Crippen molar-refractivity contribution < 1.29 is 4.52 Å². The molecule has 0 spiro atoms. The molecule has 0 aliphatic heterocycles. The first kappa shape index (κ1) is 4.64. The average Bonchev–Trinajstić information content (AvgIpc) is 2.14. The Bertz CT molecular complexity index is 127. The second kappa shape index (κ2) is 1.97. The Hall–Kier alpha value is -0.510. The first-order chi connectivity index (χ1) is 3.43. The van der Waals surface area contributed by atoms with Gasteiger partial charge in [0.25, 0.3) is 0 Å². The van der Waals surface area contributed by atoms with E-state index in [0.717, 1.165) is 0 Å². The number of rotatable bonds is 1. The van der Waals surface area contributed by atoms with Crippen molar-refractivity contribution in [3.8, 4) is 0 Å². The molecule has 0 atom stereocenters. The van der Waals surface area contributed by atoms with Gasteiger partial charge in [0.15, 0.2) is 6.20 Å². The Morgan fingerprint density at radius 1 is 1.86 bits per heavy atom. The molecule has 1 rings (SSSR count). The maximum atomic E-state index is 4.53. The molecule has 0 bridgehead atoms. The number of thioether (sulfide) groups is 1. The molecule has 0 fully saturated rings. The zero-order valence-electron chi connectivity index (χ0n) is 3.71. The number of aromatic nitrogens is 2. The van der Waals surface area contributed by atoms with Crippen molar-refractivity contribution in [2.45, 2.75) is 5.09 Å². The molecule has 0 aliphatic rings. The quantitative estimate of drug-likeness (QED) is 0.502. The molecule has 3 nitrogen and oxygen atoms in total. The van der Waals surface area contributed by atoms with Crippen molar-refractivity contribution in [1.29, 1.82) is 0 Å². The Balaban J connectivity index is 2.76. The Morgan fingerprint density at radius 2 is 2.71 bits per heavy atom. The topological polar surface area (TPSA) is 38.9 Å². The predicted octanol–water partition coefficient (Wildman–Crippen LogP) is 0.592. The molecule has 1 radical (unpaired) electrons. The fraction of sp³-hybridized carbons (Fsp3) is 0.333. The fourth-order valence-corrected chi connectivity index (χ4v) is 0.462. The summed E-state index contributed by atoms with van der Waals surface area (Å²) in [4.78, 5) is 0. The zero-order valence-corrected chi connectivity index (χ0v) is 4.53. The summed E-state index contributed by atoms with van der Waals surface area (Å²) in [5.41, 5.74) is 0. The van der Waals surface area contributed by atoms with Crippen LogP contribution in [0, 0.1) is 6.20 Å². The monoisotopic (exact) mass is 115 g/mol. The van der Waals surface area contributed by atoms with Crippen LogP contribution in [0.3, 0.4) is 0 Å². The SMILES string of the molecule is CSc1[c]nno1. The fourth-order valence-electron chi connectivity index (χ4n) is 0.222. The molecule has 0 N–H and O–H groups in total. The minimum Gasteiger partial charge on any atom is -0.330 e. The second-order valence-corrected chi connectivity index (χ2v) is 1.66. The van der Waals surface area contributed by atoms with E-state index < -0.39 is 0 Å². The van der Waals surface area contributed by atoms with E-state index in [1.807, 2.05) is 6.26 Å². The van der Waals surface area contributed by atoms with Crippen molar-refractivity contribution in [1.82, 2.24) is 10.4 Å². The average molecular weight is 115 g/mol. The lowest BCUT2D eigenvalue weighted by atomic mass is 11.0. The van der Waals surface area contributed by atoms with Crippen molar-refractivity contribution in [2.75, 3.05) is 6.26 Å². The normalized spacial score (nSPS) is 9.29. The largest absolute Gasteiger partial charge is 0.330 e. The summed E-state index contributed by atoms with van der Waals surface area (Å²) in [6.07, 6.45) is 4.40.